The molecule has 0 aliphatic carbocycles. The third-order valence-corrected chi connectivity index (χ3v) is 10.6. The monoisotopic (exact) mass is 656 g/mol. The van der Waals surface area contributed by atoms with Gasteiger partial charge in [0.15, 0.2) is 9.84 Å². The maximum absolute atomic E-state index is 12.5. The van der Waals surface area contributed by atoms with Gasteiger partial charge in [0.05, 0.1) is 41.9 Å². The Labute approximate surface area is 264 Å². The van der Waals surface area contributed by atoms with Crippen molar-refractivity contribution in [2.45, 2.75) is 11.4 Å². The second kappa shape index (κ2) is 12.0. The van der Waals surface area contributed by atoms with Crippen LogP contribution in [0.5, 0.6) is 0 Å². The highest BCUT2D eigenvalue weighted by atomic mass is 35.5. The van der Waals surface area contributed by atoms with E-state index < -0.39 is 9.84 Å². The van der Waals surface area contributed by atoms with Gasteiger partial charge in [0.2, 0.25) is 0 Å². The highest BCUT2D eigenvalue weighted by Gasteiger charge is 2.22. The van der Waals surface area contributed by atoms with Crippen LogP contribution < -0.4 is 4.90 Å². The number of hydrogen-bond donors (Lipinski definition) is 0. The third kappa shape index (κ3) is 6.11. The van der Waals surface area contributed by atoms with Crippen LogP contribution in [-0.2, 0) is 16.4 Å². The predicted octanol–water partition coefficient (Wildman–Crippen LogP) is 7.95. The second-order valence-electron chi connectivity index (χ2n) is 10.2. The predicted molar refractivity (Wildman–Crippen MR) is 174 cm³/mol. The molecule has 0 bridgehead atoms. The summed E-state index contributed by atoms with van der Waals surface area (Å²) in [6, 6.07) is 26.6. The smallest absolute Gasteiger partial charge is 0.176 e. The molecule has 0 amide bonds. The van der Waals surface area contributed by atoms with E-state index in [1.54, 1.807) is 12.1 Å². The van der Waals surface area contributed by atoms with E-state index in [2.05, 4.69) is 15.9 Å². The molecule has 1 fully saturated rings. The molecule has 11 heteroatoms. The Balaban J connectivity index is 1.28. The highest BCUT2D eigenvalue weighted by molar-refractivity contribution is 7.90. The number of rotatable bonds is 7. The van der Waals surface area contributed by atoms with Crippen LogP contribution in [0, 0.1) is 0 Å². The van der Waals surface area contributed by atoms with Crippen LogP contribution in [0.2, 0.25) is 15.1 Å². The Morgan fingerprint density at radius 3 is 2.24 bits per heavy atom. The van der Waals surface area contributed by atoms with E-state index in [9.17, 15) is 8.42 Å². The lowest BCUT2D eigenvalue weighted by molar-refractivity contribution is 0.246. The van der Waals surface area contributed by atoms with Crippen molar-refractivity contribution in [3.8, 4) is 26.7 Å². The van der Waals surface area contributed by atoms with Crippen LogP contribution >= 0.6 is 46.1 Å². The summed E-state index contributed by atoms with van der Waals surface area (Å²) in [5, 5.41) is 6.72. The lowest BCUT2D eigenvalue weighted by atomic mass is 10.2. The molecule has 2 aromatic heterocycles. The van der Waals surface area contributed by atoms with Gasteiger partial charge in [0, 0.05) is 55.1 Å². The van der Waals surface area contributed by atoms with Gasteiger partial charge in [-0.2, -0.15) is 5.10 Å². The van der Waals surface area contributed by atoms with Crippen molar-refractivity contribution in [2.24, 2.45) is 0 Å². The maximum Gasteiger partial charge on any atom is 0.176 e. The summed E-state index contributed by atoms with van der Waals surface area (Å²) in [5.74, 6) is 0. The minimum Gasteiger partial charge on any atom is -0.369 e. The molecule has 0 N–H and O–H groups in total. The largest absolute Gasteiger partial charge is 0.369 e. The molecule has 0 unspecified atom stereocenters. The number of anilines is 1. The summed E-state index contributed by atoms with van der Waals surface area (Å²) in [7, 11) is -3.38. The summed E-state index contributed by atoms with van der Waals surface area (Å²) in [6.07, 6.45) is 1.24. The average molecular weight is 658 g/mol. The first-order valence-corrected chi connectivity index (χ1v) is 17.2. The molecule has 3 heterocycles. The highest BCUT2D eigenvalue weighted by Crippen LogP contribution is 2.39. The number of nitrogens with zero attached hydrogens (tertiary/aromatic N) is 4. The Morgan fingerprint density at radius 2 is 1.50 bits per heavy atom. The normalized spacial score (nSPS) is 14.4. The molecule has 42 heavy (non-hydrogen) atoms. The van der Waals surface area contributed by atoms with E-state index in [-0.39, 0.29) is 0 Å². The molecule has 0 radical (unpaired) electrons. The van der Waals surface area contributed by atoms with Crippen molar-refractivity contribution < 1.29 is 8.42 Å². The standard InChI is InChI=1S/C31H27Cl3N4O2S2/c1-42(39,40)31-9-5-2-6-23(31)29-12-13-30(41-29)28-18-21(35-38(28)27-8-4-3-7-25(27)33)20-36-14-16-37(17-15-36)22-10-11-24(32)26(34)19-22/h2-13,18-19H,14-17,20H2,1H3. The van der Waals surface area contributed by atoms with Gasteiger partial charge in [-0.05, 0) is 54.6 Å². The van der Waals surface area contributed by atoms with E-state index in [0.717, 1.165) is 58.7 Å². The molecule has 1 saturated heterocycles. The minimum absolute atomic E-state index is 0.318. The topological polar surface area (TPSA) is 58.4 Å². The first-order chi connectivity index (χ1) is 20.2. The molecule has 0 saturated carbocycles. The van der Waals surface area contributed by atoms with E-state index >= 15 is 0 Å². The van der Waals surface area contributed by atoms with E-state index in [1.165, 1.54) is 17.6 Å². The zero-order valence-corrected chi connectivity index (χ0v) is 26.6. The number of sulfone groups is 1. The Hall–Kier alpha value is -2.85. The first kappa shape index (κ1) is 29.2. The fraction of sp³-hybridized carbons (Fsp3) is 0.194. The second-order valence-corrected chi connectivity index (χ2v) is 14.5. The van der Waals surface area contributed by atoms with E-state index in [1.807, 2.05) is 71.4 Å². The number of halogens is 3. The van der Waals surface area contributed by atoms with E-state index in [4.69, 9.17) is 39.9 Å². The molecular weight excluding hydrogens is 631 g/mol. The zero-order valence-electron chi connectivity index (χ0n) is 22.7. The first-order valence-electron chi connectivity index (χ1n) is 13.3. The molecule has 3 aromatic carbocycles. The molecule has 6 rings (SSSR count). The summed E-state index contributed by atoms with van der Waals surface area (Å²) < 4.78 is 26.8. The SMILES string of the molecule is CS(=O)(=O)c1ccccc1-c1ccc(-c2cc(CN3CCN(c4ccc(Cl)c(Cl)c4)CC3)nn2-c2ccccc2Cl)s1. The van der Waals surface area contributed by atoms with E-state index in [0.29, 0.717) is 32.1 Å². The van der Waals surface area contributed by atoms with Crippen LogP contribution in [-0.4, -0.2) is 55.5 Å². The quantitative estimate of drug-likeness (QED) is 0.178. The molecule has 1 aliphatic heterocycles. The van der Waals surface area contributed by atoms with Gasteiger partial charge in [-0.1, -0.05) is 65.1 Å². The average Bonchev–Trinajstić information content (AvgIpc) is 3.62. The maximum atomic E-state index is 12.5. The number of hydrogen-bond acceptors (Lipinski definition) is 6. The van der Waals surface area contributed by atoms with Crippen molar-refractivity contribution in [1.29, 1.82) is 0 Å². The molecular formula is C31H27Cl3N4O2S2. The lowest BCUT2D eigenvalue weighted by Gasteiger charge is -2.35. The summed E-state index contributed by atoms with van der Waals surface area (Å²) in [4.78, 5) is 6.86. The van der Waals surface area contributed by atoms with Crippen LogP contribution in [0.1, 0.15) is 5.69 Å². The van der Waals surface area contributed by atoms with Crippen molar-refractivity contribution >= 4 is 61.7 Å². The number of piperazine rings is 1. The molecule has 0 spiro atoms. The molecule has 1 aliphatic rings. The third-order valence-electron chi connectivity index (χ3n) is 7.28. The molecule has 6 nitrogen and oxygen atoms in total. The summed E-state index contributed by atoms with van der Waals surface area (Å²) in [6.45, 7) is 4.17. The van der Waals surface area contributed by atoms with Crippen LogP contribution in [0.4, 0.5) is 5.69 Å². The fourth-order valence-electron chi connectivity index (χ4n) is 5.18. The van der Waals surface area contributed by atoms with Gasteiger partial charge < -0.3 is 4.90 Å². The lowest BCUT2D eigenvalue weighted by Crippen LogP contribution is -2.46. The molecule has 0 atom stereocenters. The van der Waals surface area contributed by atoms with Gasteiger partial charge in [-0.15, -0.1) is 11.3 Å². The van der Waals surface area contributed by atoms with Crippen LogP contribution in [0.3, 0.4) is 0 Å². The van der Waals surface area contributed by atoms with Gasteiger partial charge in [0.25, 0.3) is 0 Å². The number of benzene rings is 3. The number of para-hydroxylation sites is 1. The van der Waals surface area contributed by atoms with Crippen molar-refractivity contribution in [1.82, 2.24) is 14.7 Å². The van der Waals surface area contributed by atoms with Crippen molar-refractivity contribution in [3.05, 3.63) is 106 Å². The Morgan fingerprint density at radius 1 is 0.786 bits per heavy atom. The van der Waals surface area contributed by atoms with Crippen molar-refractivity contribution in [2.75, 3.05) is 37.3 Å². The van der Waals surface area contributed by atoms with Crippen LogP contribution in [0.15, 0.2) is 89.8 Å². The van der Waals surface area contributed by atoms with Gasteiger partial charge in [0.1, 0.15) is 0 Å². The Kier molecular flexibility index (Phi) is 8.37. The van der Waals surface area contributed by atoms with Crippen molar-refractivity contribution in [3.63, 3.8) is 0 Å². The van der Waals surface area contributed by atoms with Gasteiger partial charge in [-0.25, -0.2) is 13.1 Å². The van der Waals surface area contributed by atoms with Gasteiger partial charge in [-0.3, -0.25) is 4.90 Å². The zero-order chi connectivity index (χ0) is 29.4. The molecule has 5 aromatic rings. The molecule has 216 valence electrons. The fourth-order valence-corrected chi connectivity index (χ4v) is 7.70. The van der Waals surface area contributed by atoms with Crippen LogP contribution in [0.25, 0.3) is 26.7 Å². The van der Waals surface area contributed by atoms with Gasteiger partial charge >= 0.3 is 0 Å². The Bertz CT molecular complexity index is 1860. The summed E-state index contributed by atoms with van der Waals surface area (Å²) in [5.41, 5.74) is 4.39. The summed E-state index contributed by atoms with van der Waals surface area (Å²) >= 11 is 20.5. The number of thiophene rings is 1. The number of aromatic nitrogens is 2. The minimum atomic E-state index is -3.38.